The normalized spacial score (nSPS) is 17.2. The van der Waals surface area contributed by atoms with Crippen molar-refractivity contribution in [3.8, 4) is 0 Å². The molecule has 0 saturated carbocycles. The lowest BCUT2D eigenvalue weighted by atomic mass is 10.2. The number of ether oxygens (including phenoxy) is 1. The summed E-state index contributed by atoms with van der Waals surface area (Å²) >= 11 is 1.80. The number of hydrogen-bond acceptors (Lipinski definition) is 5. The summed E-state index contributed by atoms with van der Waals surface area (Å²) in [5.41, 5.74) is 0. The minimum Gasteiger partial charge on any atom is -0.379 e. The smallest absolute Gasteiger partial charge is 0.191 e. The third-order valence-corrected chi connectivity index (χ3v) is 5.32. The number of aromatic nitrogens is 2. The van der Waals surface area contributed by atoms with Gasteiger partial charge >= 0.3 is 0 Å². The number of guanidine groups is 1. The van der Waals surface area contributed by atoms with Crippen molar-refractivity contribution in [2.75, 3.05) is 45.9 Å². The molecule has 1 unspecified atom stereocenters. The average molecular weight is 377 g/mol. The average Bonchev–Trinajstić information content (AvgIpc) is 3.37. The van der Waals surface area contributed by atoms with E-state index in [1.807, 2.05) is 12.5 Å². The predicted octanol–water partition coefficient (Wildman–Crippen LogP) is 1.57. The van der Waals surface area contributed by atoms with Gasteiger partial charge in [0.1, 0.15) is 0 Å². The van der Waals surface area contributed by atoms with Gasteiger partial charge in [-0.3, -0.25) is 9.89 Å². The molecule has 3 rings (SSSR count). The first kappa shape index (κ1) is 18.9. The molecule has 2 aromatic rings. The van der Waals surface area contributed by atoms with Crippen molar-refractivity contribution in [2.45, 2.75) is 19.5 Å². The molecule has 7 nitrogen and oxygen atoms in total. The van der Waals surface area contributed by atoms with Crippen molar-refractivity contribution in [3.63, 3.8) is 0 Å². The lowest BCUT2D eigenvalue weighted by Gasteiger charge is -2.33. The highest BCUT2D eigenvalue weighted by molar-refractivity contribution is 7.10. The van der Waals surface area contributed by atoms with E-state index in [2.05, 4.69) is 49.5 Å². The summed E-state index contributed by atoms with van der Waals surface area (Å²) in [5, 5.41) is 8.89. The van der Waals surface area contributed by atoms with E-state index in [9.17, 15) is 0 Å². The Morgan fingerprint density at radius 3 is 2.96 bits per heavy atom. The van der Waals surface area contributed by atoms with E-state index < -0.39 is 0 Å². The zero-order valence-corrected chi connectivity index (χ0v) is 16.1. The zero-order valence-electron chi connectivity index (χ0n) is 15.3. The van der Waals surface area contributed by atoms with Gasteiger partial charge in [0.2, 0.25) is 0 Å². The molecule has 0 bridgehead atoms. The van der Waals surface area contributed by atoms with Crippen LogP contribution in [-0.2, 0) is 11.3 Å². The summed E-state index contributed by atoms with van der Waals surface area (Å²) < 4.78 is 7.57. The monoisotopic (exact) mass is 376 g/mol. The maximum Gasteiger partial charge on any atom is 0.191 e. The molecule has 0 amide bonds. The van der Waals surface area contributed by atoms with Gasteiger partial charge < -0.3 is 19.9 Å². The Labute approximate surface area is 159 Å². The van der Waals surface area contributed by atoms with Crippen molar-refractivity contribution in [3.05, 3.63) is 41.1 Å². The van der Waals surface area contributed by atoms with E-state index in [4.69, 9.17) is 9.73 Å². The second kappa shape index (κ2) is 10.3. The van der Waals surface area contributed by atoms with Gasteiger partial charge in [-0.2, -0.15) is 0 Å². The third-order valence-electron chi connectivity index (χ3n) is 4.35. The van der Waals surface area contributed by atoms with E-state index in [0.29, 0.717) is 6.04 Å². The number of imidazole rings is 1. The van der Waals surface area contributed by atoms with Crippen molar-refractivity contribution in [2.24, 2.45) is 4.99 Å². The highest BCUT2D eigenvalue weighted by Gasteiger charge is 2.23. The molecule has 1 fully saturated rings. The van der Waals surface area contributed by atoms with E-state index >= 15 is 0 Å². The maximum atomic E-state index is 5.51. The van der Waals surface area contributed by atoms with Crippen LogP contribution in [0.1, 0.15) is 17.8 Å². The Hall–Kier alpha value is -1.90. The van der Waals surface area contributed by atoms with Crippen LogP contribution in [0.2, 0.25) is 0 Å². The fourth-order valence-electron chi connectivity index (χ4n) is 3.00. The maximum absolute atomic E-state index is 5.51. The van der Waals surface area contributed by atoms with E-state index in [1.165, 1.54) is 4.88 Å². The molecule has 1 aliphatic rings. The number of nitrogens with zero attached hydrogens (tertiary/aromatic N) is 4. The van der Waals surface area contributed by atoms with Gasteiger partial charge in [0.15, 0.2) is 5.96 Å². The number of thiophene rings is 1. The first-order valence-corrected chi connectivity index (χ1v) is 10.1. The molecular weight excluding hydrogens is 348 g/mol. The van der Waals surface area contributed by atoms with Gasteiger partial charge in [-0.05, 0) is 18.4 Å². The number of rotatable bonds is 8. The quantitative estimate of drug-likeness (QED) is 0.541. The topological polar surface area (TPSA) is 66.7 Å². The van der Waals surface area contributed by atoms with Gasteiger partial charge in [0, 0.05) is 50.0 Å². The Kier molecular flexibility index (Phi) is 7.48. The van der Waals surface area contributed by atoms with Crippen molar-refractivity contribution >= 4 is 17.3 Å². The molecular formula is C18H28N6OS. The molecule has 0 radical (unpaired) electrons. The van der Waals surface area contributed by atoms with E-state index in [-0.39, 0.29) is 0 Å². The van der Waals surface area contributed by atoms with Crippen LogP contribution in [0.4, 0.5) is 0 Å². The molecule has 2 N–H and O–H groups in total. The lowest BCUT2D eigenvalue weighted by molar-refractivity contribution is 0.0186. The summed E-state index contributed by atoms with van der Waals surface area (Å²) in [7, 11) is 0. The summed E-state index contributed by atoms with van der Waals surface area (Å²) in [5.74, 6) is 0.863. The highest BCUT2D eigenvalue weighted by atomic mass is 32.1. The summed E-state index contributed by atoms with van der Waals surface area (Å²) in [4.78, 5) is 12.8. The van der Waals surface area contributed by atoms with Gasteiger partial charge in [0.05, 0.1) is 32.1 Å². The predicted molar refractivity (Wildman–Crippen MR) is 106 cm³/mol. The SMILES string of the molecule is CCNC(=NCC(c1cccs1)N1CCOCC1)NCCn1ccnc1. The van der Waals surface area contributed by atoms with Crippen molar-refractivity contribution in [1.82, 2.24) is 25.1 Å². The number of hydrogen-bond donors (Lipinski definition) is 2. The Balaban J connectivity index is 1.60. The van der Waals surface area contributed by atoms with Crippen LogP contribution in [0.25, 0.3) is 0 Å². The molecule has 0 spiro atoms. The molecule has 2 aromatic heterocycles. The van der Waals surface area contributed by atoms with Crippen LogP contribution in [-0.4, -0.2) is 66.3 Å². The molecule has 0 aliphatic carbocycles. The third kappa shape index (κ3) is 5.55. The molecule has 3 heterocycles. The summed E-state index contributed by atoms with van der Waals surface area (Å²) in [6.07, 6.45) is 5.60. The Morgan fingerprint density at radius 1 is 1.38 bits per heavy atom. The molecule has 26 heavy (non-hydrogen) atoms. The Bertz CT molecular complexity index is 637. The molecule has 0 aromatic carbocycles. The minimum atomic E-state index is 0.308. The van der Waals surface area contributed by atoms with Gasteiger partial charge in [-0.1, -0.05) is 6.07 Å². The minimum absolute atomic E-state index is 0.308. The first-order chi connectivity index (χ1) is 12.9. The number of aliphatic imine (C=N–C) groups is 1. The second-order valence-electron chi connectivity index (χ2n) is 6.13. The second-order valence-corrected chi connectivity index (χ2v) is 7.11. The fourth-order valence-corrected chi connectivity index (χ4v) is 3.85. The van der Waals surface area contributed by atoms with E-state index in [1.54, 1.807) is 17.5 Å². The van der Waals surface area contributed by atoms with Crippen LogP contribution in [0.5, 0.6) is 0 Å². The zero-order chi connectivity index (χ0) is 18.0. The van der Waals surface area contributed by atoms with Gasteiger partial charge in [-0.15, -0.1) is 11.3 Å². The highest BCUT2D eigenvalue weighted by Crippen LogP contribution is 2.26. The molecule has 142 valence electrons. The van der Waals surface area contributed by atoms with Gasteiger partial charge in [0.25, 0.3) is 0 Å². The van der Waals surface area contributed by atoms with Crippen molar-refractivity contribution in [1.29, 1.82) is 0 Å². The lowest BCUT2D eigenvalue weighted by Crippen LogP contribution is -2.42. The summed E-state index contributed by atoms with van der Waals surface area (Å²) in [6.45, 7) is 8.87. The first-order valence-electron chi connectivity index (χ1n) is 9.20. The van der Waals surface area contributed by atoms with Crippen molar-refractivity contribution < 1.29 is 4.74 Å². The van der Waals surface area contributed by atoms with Crippen LogP contribution in [0, 0.1) is 0 Å². The summed E-state index contributed by atoms with van der Waals surface area (Å²) in [6, 6.07) is 4.63. The molecule has 1 saturated heterocycles. The standard InChI is InChI=1S/C18H28N6OS/c1-2-20-18(21-6-8-23-7-5-19-15-23)22-14-16(17-4-3-13-26-17)24-9-11-25-12-10-24/h3-5,7,13,15-16H,2,6,8-12,14H2,1H3,(H2,20,21,22). The fraction of sp³-hybridized carbons (Fsp3) is 0.556. The van der Waals surface area contributed by atoms with Gasteiger partial charge in [-0.25, -0.2) is 4.98 Å². The molecule has 8 heteroatoms. The largest absolute Gasteiger partial charge is 0.379 e. The Morgan fingerprint density at radius 2 is 2.27 bits per heavy atom. The number of nitrogens with one attached hydrogen (secondary N) is 2. The van der Waals surface area contributed by atoms with Crippen LogP contribution in [0.15, 0.2) is 41.2 Å². The molecule has 1 atom stereocenters. The number of morpholine rings is 1. The van der Waals surface area contributed by atoms with Crippen LogP contribution >= 0.6 is 11.3 Å². The van der Waals surface area contributed by atoms with Crippen LogP contribution < -0.4 is 10.6 Å². The molecule has 1 aliphatic heterocycles. The van der Waals surface area contributed by atoms with E-state index in [0.717, 1.165) is 58.4 Å². The van der Waals surface area contributed by atoms with Crippen LogP contribution in [0.3, 0.4) is 0 Å².